The fourth-order valence-corrected chi connectivity index (χ4v) is 3.93. The van der Waals surface area contributed by atoms with Crippen molar-refractivity contribution in [1.29, 1.82) is 0 Å². The van der Waals surface area contributed by atoms with Gasteiger partial charge in [0.2, 0.25) is 5.91 Å². The van der Waals surface area contributed by atoms with Crippen LogP contribution in [0.3, 0.4) is 0 Å². The molecule has 1 heterocycles. The van der Waals surface area contributed by atoms with Gasteiger partial charge < -0.3 is 15.2 Å². The van der Waals surface area contributed by atoms with Crippen LogP contribution < -0.4 is 16.0 Å². The van der Waals surface area contributed by atoms with Crippen molar-refractivity contribution in [2.24, 2.45) is 0 Å². The molecule has 1 aliphatic carbocycles. The van der Waals surface area contributed by atoms with Crippen LogP contribution in [0, 0.1) is 0 Å². The molecule has 7 heteroatoms. The highest BCUT2D eigenvalue weighted by atomic mass is 16.4. The zero-order valence-electron chi connectivity index (χ0n) is 15.9. The number of amides is 1. The number of carboxylic acids is 1. The number of rotatable bonds is 4. The topological polar surface area (TPSA) is 104 Å². The highest BCUT2D eigenvalue weighted by Crippen LogP contribution is 2.29. The number of carbonyl (C=O) groups is 2. The zero-order chi connectivity index (χ0) is 20.5. The number of aryl methyl sites for hydroxylation is 1. The first-order valence-corrected chi connectivity index (χ1v) is 9.58. The van der Waals surface area contributed by atoms with Crippen LogP contribution in [0.25, 0.3) is 10.8 Å². The third-order valence-electron chi connectivity index (χ3n) is 5.45. The van der Waals surface area contributed by atoms with E-state index in [1.807, 2.05) is 18.2 Å². The maximum absolute atomic E-state index is 12.9. The van der Waals surface area contributed by atoms with Crippen molar-refractivity contribution in [1.82, 2.24) is 15.1 Å². The van der Waals surface area contributed by atoms with Gasteiger partial charge in [-0.1, -0.05) is 42.5 Å². The third-order valence-corrected chi connectivity index (χ3v) is 5.45. The Morgan fingerprint density at radius 2 is 1.83 bits per heavy atom. The first-order valence-electron chi connectivity index (χ1n) is 9.58. The van der Waals surface area contributed by atoms with Crippen LogP contribution in [0.2, 0.25) is 0 Å². The molecule has 2 aromatic carbocycles. The lowest BCUT2D eigenvalue weighted by molar-refractivity contribution is -0.255. The minimum Gasteiger partial charge on any atom is -0.543 e. The predicted molar refractivity (Wildman–Crippen MR) is 105 cm³/mol. The number of aromatic carboxylic acids is 1. The van der Waals surface area contributed by atoms with Gasteiger partial charge in [-0.3, -0.25) is 9.59 Å². The lowest BCUT2D eigenvalue weighted by Crippen LogP contribution is -2.40. The minimum atomic E-state index is -1.50. The van der Waals surface area contributed by atoms with E-state index in [-0.39, 0.29) is 28.4 Å². The minimum absolute atomic E-state index is 0.147. The lowest BCUT2D eigenvalue weighted by atomic mass is 9.87. The third kappa shape index (κ3) is 3.40. The number of nitrogens with zero attached hydrogens (tertiary/aromatic N) is 2. The number of nitrogens with one attached hydrogen (secondary N) is 1. The van der Waals surface area contributed by atoms with Crippen molar-refractivity contribution in [3.63, 3.8) is 0 Å². The van der Waals surface area contributed by atoms with E-state index in [0.717, 1.165) is 29.5 Å². The molecule has 1 aromatic heterocycles. The van der Waals surface area contributed by atoms with Crippen molar-refractivity contribution in [2.75, 3.05) is 0 Å². The van der Waals surface area contributed by atoms with E-state index in [4.69, 9.17) is 0 Å². The fraction of sp³-hybridized carbons (Fsp3) is 0.273. The second-order valence-electron chi connectivity index (χ2n) is 7.26. The van der Waals surface area contributed by atoms with Crippen molar-refractivity contribution >= 4 is 22.6 Å². The number of hydrogen-bond donors (Lipinski definition) is 1. The van der Waals surface area contributed by atoms with Crippen LogP contribution in [0.5, 0.6) is 0 Å². The van der Waals surface area contributed by atoms with Gasteiger partial charge >= 0.3 is 0 Å². The summed E-state index contributed by atoms with van der Waals surface area (Å²) >= 11 is 0. The van der Waals surface area contributed by atoms with Gasteiger partial charge in [0.1, 0.15) is 11.7 Å². The molecular weight excluding hydrogens is 370 g/mol. The summed E-state index contributed by atoms with van der Waals surface area (Å²) < 4.78 is 0.928. The summed E-state index contributed by atoms with van der Waals surface area (Å²) in [5.74, 6) is -1.88. The molecule has 1 N–H and O–H groups in total. The second kappa shape index (κ2) is 7.50. The summed E-state index contributed by atoms with van der Waals surface area (Å²) in [5, 5.41) is 18.9. The van der Waals surface area contributed by atoms with Gasteiger partial charge in [0.25, 0.3) is 5.56 Å². The molecule has 0 saturated heterocycles. The fourth-order valence-electron chi connectivity index (χ4n) is 3.93. The molecule has 0 spiro atoms. The van der Waals surface area contributed by atoms with E-state index in [0.29, 0.717) is 0 Å². The molecule has 29 heavy (non-hydrogen) atoms. The Labute approximate surface area is 167 Å². The first-order chi connectivity index (χ1) is 14.0. The van der Waals surface area contributed by atoms with E-state index < -0.39 is 17.6 Å². The van der Waals surface area contributed by atoms with Crippen LogP contribution in [0.1, 0.15) is 53.5 Å². The predicted octanol–water partition coefficient (Wildman–Crippen LogP) is 1.51. The highest BCUT2D eigenvalue weighted by Gasteiger charge is 2.26. The molecule has 0 aliphatic heterocycles. The van der Waals surface area contributed by atoms with E-state index >= 15 is 0 Å². The number of benzene rings is 2. The van der Waals surface area contributed by atoms with E-state index in [9.17, 15) is 19.5 Å². The molecule has 1 amide bonds. The summed E-state index contributed by atoms with van der Waals surface area (Å²) in [6.07, 6.45) is 2.73. The summed E-state index contributed by atoms with van der Waals surface area (Å²) in [7, 11) is 0. The normalized spacial score (nSPS) is 16.8. The molecule has 2 atom stereocenters. The van der Waals surface area contributed by atoms with Gasteiger partial charge in [-0.05, 0) is 43.4 Å². The molecule has 148 valence electrons. The average Bonchev–Trinajstić information content (AvgIpc) is 2.73. The SMILES string of the molecule is C[C@@H](C(=O)N[C@H]1CCCc2ccccc21)n1nc(C(=O)[O-])c2ccccc2c1=O. The molecule has 0 saturated carbocycles. The molecule has 3 aromatic rings. The Kier molecular flexibility index (Phi) is 4.88. The van der Waals surface area contributed by atoms with Crippen LogP contribution >= 0.6 is 0 Å². The van der Waals surface area contributed by atoms with Gasteiger partial charge in [-0.25, -0.2) is 4.68 Å². The second-order valence-corrected chi connectivity index (χ2v) is 7.26. The quantitative estimate of drug-likeness (QED) is 0.727. The molecule has 0 fully saturated rings. The average molecular weight is 390 g/mol. The summed E-state index contributed by atoms with van der Waals surface area (Å²) in [4.78, 5) is 37.3. The Morgan fingerprint density at radius 3 is 2.59 bits per heavy atom. The Hall–Kier alpha value is -3.48. The van der Waals surface area contributed by atoms with Crippen molar-refractivity contribution in [3.8, 4) is 0 Å². The maximum Gasteiger partial charge on any atom is 0.275 e. The molecule has 4 rings (SSSR count). The molecule has 0 radical (unpaired) electrons. The van der Waals surface area contributed by atoms with E-state index in [1.54, 1.807) is 12.1 Å². The van der Waals surface area contributed by atoms with Crippen LogP contribution in [0.15, 0.2) is 53.3 Å². The van der Waals surface area contributed by atoms with Crippen LogP contribution in [-0.4, -0.2) is 21.7 Å². The standard InChI is InChI=1S/C22H21N3O4/c1-13(20(26)23-18-12-6-8-14-7-2-3-9-15(14)18)25-21(27)17-11-5-4-10-16(17)19(24-25)22(28)29/h2-5,7,9-11,13,18H,6,8,12H2,1H3,(H,23,26)(H,28,29)/p-1/t13-,18-/m0/s1. The molecule has 7 nitrogen and oxygen atoms in total. The first kappa shape index (κ1) is 18.9. The lowest BCUT2D eigenvalue weighted by Gasteiger charge is -2.27. The van der Waals surface area contributed by atoms with Crippen molar-refractivity contribution in [2.45, 2.75) is 38.3 Å². The molecule has 0 unspecified atom stereocenters. The molecule has 0 bridgehead atoms. The number of fused-ring (bicyclic) bond motifs is 2. The maximum atomic E-state index is 12.9. The number of hydrogen-bond acceptors (Lipinski definition) is 5. The Balaban J connectivity index is 1.68. The van der Waals surface area contributed by atoms with Gasteiger partial charge in [-0.2, -0.15) is 5.10 Å². The zero-order valence-corrected chi connectivity index (χ0v) is 15.9. The molecular formula is C22H20N3O4-. The highest BCUT2D eigenvalue weighted by molar-refractivity contribution is 6.00. The molecule has 1 aliphatic rings. The number of carbonyl (C=O) groups excluding carboxylic acids is 2. The van der Waals surface area contributed by atoms with Crippen LogP contribution in [-0.2, 0) is 11.2 Å². The van der Waals surface area contributed by atoms with Crippen LogP contribution in [0.4, 0.5) is 0 Å². The van der Waals surface area contributed by atoms with Gasteiger partial charge in [0.15, 0.2) is 0 Å². The summed E-state index contributed by atoms with van der Waals surface area (Å²) in [6, 6.07) is 13.1. The Bertz CT molecular complexity index is 1170. The monoisotopic (exact) mass is 390 g/mol. The summed E-state index contributed by atoms with van der Waals surface area (Å²) in [6.45, 7) is 1.53. The summed E-state index contributed by atoms with van der Waals surface area (Å²) in [5.41, 5.74) is 1.41. The van der Waals surface area contributed by atoms with Gasteiger partial charge in [-0.15, -0.1) is 0 Å². The van der Waals surface area contributed by atoms with Gasteiger partial charge in [0, 0.05) is 5.39 Å². The largest absolute Gasteiger partial charge is 0.543 e. The number of aromatic nitrogens is 2. The van der Waals surface area contributed by atoms with E-state index in [1.165, 1.54) is 24.6 Å². The van der Waals surface area contributed by atoms with E-state index in [2.05, 4.69) is 16.5 Å². The number of carboxylic acid groups (broad SMARTS) is 1. The Morgan fingerprint density at radius 1 is 1.14 bits per heavy atom. The van der Waals surface area contributed by atoms with Crippen molar-refractivity contribution in [3.05, 3.63) is 75.7 Å². The van der Waals surface area contributed by atoms with Crippen molar-refractivity contribution < 1.29 is 14.7 Å². The smallest absolute Gasteiger partial charge is 0.275 e. The van der Waals surface area contributed by atoms with Gasteiger partial charge in [0.05, 0.1) is 17.4 Å².